The Labute approximate surface area is 228 Å². The van der Waals surface area contributed by atoms with Crippen LogP contribution in [0.2, 0.25) is 0 Å². The first-order valence-corrected chi connectivity index (χ1v) is 12.5. The summed E-state index contributed by atoms with van der Waals surface area (Å²) in [4.78, 5) is 11.1. The normalized spacial score (nSPS) is 11.7. The molecule has 1 aromatic carbocycles. The molecule has 0 bridgehead atoms. The number of pyridine rings is 1. The van der Waals surface area contributed by atoms with Crippen molar-refractivity contribution in [3.05, 3.63) is 77.4 Å². The van der Waals surface area contributed by atoms with Crippen LogP contribution in [-0.4, -0.2) is 48.1 Å². The molecule has 0 spiro atoms. The van der Waals surface area contributed by atoms with Crippen molar-refractivity contribution in [3.63, 3.8) is 0 Å². The van der Waals surface area contributed by atoms with Crippen molar-refractivity contribution in [1.29, 1.82) is 0 Å². The van der Waals surface area contributed by atoms with Gasteiger partial charge in [0.05, 0.1) is 12.2 Å². The van der Waals surface area contributed by atoms with Crippen LogP contribution in [0, 0.1) is 13.8 Å². The fraction of sp³-hybridized carbons (Fsp3) is 0.296. The van der Waals surface area contributed by atoms with E-state index in [9.17, 15) is 13.2 Å². The van der Waals surface area contributed by atoms with Gasteiger partial charge in [0.1, 0.15) is 11.6 Å². The van der Waals surface area contributed by atoms with E-state index in [0.29, 0.717) is 24.3 Å². The molecule has 0 aliphatic carbocycles. The molecule has 208 valence electrons. The van der Waals surface area contributed by atoms with E-state index < -0.39 is 6.36 Å². The van der Waals surface area contributed by atoms with E-state index in [1.165, 1.54) is 24.3 Å². The maximum absolute atomic E-state index is 12.4. The molecule has 0 fully saturated rings. The molecule has 0 saturated heterocycles. The summed E-state index contributed by atoms with van der Waals surface area (Å²) in [6, 6.07) is 11.0. The van der Waals surface area contributed by atoms with Crippen LogP contribution >= 0.6 is 0 Å². The molecular formula is C27H27F3N8O2. The van der Waals surface area contributed by atoms with E-state index in [1.54, 1.807) is 0 Å². The van der Waals surface area contributed by atoms with E-state index in [1.807, 2.05) is 54.7 Å². The van der Waals surface area contributed by atoms with Crippen LogP contribution in [-0.2, 0) is 19.6 Å². The molecule has 10 nitrogen and oxygen atoms in total. The lowest BCUT2D eigenvalue weighted by atomic mass is 10.2. The molecule has 0 unspecified atom stereocenters. The SMILES string of the molecule is CCn1cc(CN(C)c2ccc(Cn3nc(-c4nc(-c5ccc(OC(F)(F)F)cc5)no4)cc3C)cn2)c(C)n1. The fourth-order valence-electron chi connectivity index (χ4n) is 4.15. The van der Waals surface area contributed by atoms with Crippen LogP contribution in [0.4, 0.5) is 19.0 Å². The van der Waals surface area contributed by atoms with E-state index in [4.69, 9.17) is 4.52 Å². The minimum atomic E-state index is -4.76. The Morgan fingerprint density at radius 1 is 1.05 bits per heavy atom. The number of rotatable bonds is 9. The Morgan fingerprint density at radius 3 is 2.48 bits per heavy atom. The average Bonchev–Trinajstić information content (AvgIpc) is 3.63. The van der Waals surface area contributed by atoms with Gasteiger partial charge in [0.2, 0.25) is 5.82 Å². The lowest BCUT2D eigenvalue weighted by Gasteiger charge is -2.18. The summed E-state index contributed by atoms with van der Waals surface area (Å²) in [7, 11) is 2.00. The van der Waals surface area contributed by atoms with Crippen LogP contribution in [0.3, 0.4) is 0 Å². The van der Waals surface area contributed by atoms with Crippen molar-refractivity contribution in [1.82, 2.24) is 34.7 Å². The summed E-state index contributed by atoms with van der Waals surface area (Å²) >= 11 is 0. The zero-order chi connectivity index (χ0) is 28.4. The highest BCUT2D eigenvalue weighted by molar-refractivity contribution is 5.59. The van der Waals surface area contributed by atoms with Gasteiger partial charge in [0.15, 0.2) is 5.69 Å². The second kappa shape index (κ2) is 10.8. The predicted octanol–water partition coefficient (Wildman–Crippen LogP) is 5.41. The third-order valence-electron chi connectivity index (χ3n) is 6.28. The Kier molecular flexibility index (Phi) is 7.28. The first kappa shape index (κ1) is 26.9. The minimum Gasteiger partial charge on any atom is -0.406 e. The van der Waals surface area contributed by atoms with Crippen LogP contribution < -0.4 is 9.64 Å². The van der Waals surface area contributed by atoms with Crippen molar-refractivity contribution in [2.45, 2.75) is 46.8 Å². The molecular weight excluding hydrogens is 525 g/mol. The largest absolute Gasteiger partial charge is 0.573 e. The van der Waals surface area contributed by atoms with Crippen LogP contribution in [0.1, 0.15) is 29.4 Å². The molecule has 0 N–H and O–H groups in total. The number of halogens is 3. The van der Waals surface area contributed by atoms with E-state index in [0.717, 1.165) is 34.9 Å². The van der Waals surface area contributed by atoms with Crippen LogP contribution in [0.15, 0.2) is 59.4 Å². The lowest BCUT2D eigenvalue weighted by molar-refractivity contribution is -0.274. The van der Waals surface area contributed by atoms with Gasteiger partial charge in [-0.1, -0.05) is 11.2 Å². The molecule has 0 aliphatic heterocycles. The highest BCUT2D eigenvalue weighted by Crippen LogP contribution is 2.27. The number of benzene rings is 1. The highest BCUT2D eigenvalue weighted by atomic mass is 19.4. The van der Waals surface area contributed by atoms with Gasteiger partial charge in [-0.05, 0) is 62.7 Å². The number of aromatic nitrogens is 7. The Hall–Kier alpha value is -4.68. The smallest absolute Gasteiger partial charge is 0.406 e. The van der Waals surface area contributed by atoms with E-state index in [2.05, 4.69) is 48.1 Å². The summed E-state index contributed by atoms with van der Waals surface area (Å²) in [6.07, 6.45) is -0.870. The molecule has 0 amide bonds. The number of anilines is 1. The van der Waals surface area contributed by atoms with Crippen molar-refractivity contribution < 1.29 is 22.4 Å². The average molecular weight is 553 g/mol. The second-order valence-corrected chi connectivity index (χ2v) is 9.30. The molecule has 0 radical (unpaired) electrons. The van der Waals surface area contributed by atoms with Crippen molar-refractivity contribution in [3.8, 4) is 28.7 Å². The third-order valence-corrected chi connectivity index (χ3v) is 6.28. The van der Waals surface area contributed by atoms with Gasteiger partial charge in [0, 0.05) is 49.4 Å². The summed E-state index contributed by atoms with van der Waals surface area (Å²) in [5.41, 5.74) is 4.99. The molecule has 5 rings (SSSR count). The Morgan fingerprint density at radius 2 is 1.82 bits per heavy atom. The molecule has 40 heavy (non-hydrogen) atoms. The van der Waals surface area contributed by atoms with Crippen LogP contribution in [0.5, 0.6) is 5.75 Å². The zero-order valence-electron chi connectivity index (χ0n) is 22.3. The summed E-state index contributed by atoms with van der Waals surface area (Å²) in [5, 5.41) is 13.0. The van der Waals surface area contributed by atoms with Crippen molar-refractivity contribution >= 4 is 5.82 Å². The van der Waals surface area contributed by atoms with Gasteiger partial charge in [0.25, 0.3) is 5.89 Å². The molecule has 13 heteroatoms. The number of hydrogen-bond donors (Lipinski definition) is 0. The Balaban J connectivity index is 1.24. The lowest BCUT2D eigenvalue weighted by Crippen LogP contribution is -2.18. The first-order valence-electron chi connectivity index (χ1n) is 12.5. The molecule has 5 aromatic rings. The second-order valence-electron chi connectivity index (χ2n) is 9.30. The molecule has 0 saturated carbocycles. The number of nitrogens with zero attached hydrogens (tertiary/aromatic N) is 8. The first-order chi connectivity index (χ1) is 19.1. The molecule has 4 aromatic heterocycles. The fourth-order valence-corrected chi connectivity index (χ4v) is 4.15. The monoisotopic (exact) mass is 552 g/mol. The van der Waals surface area contributed by atoms with Crippen LogP contribution in [0.25, 0.3) is 23.0 Å². The van der Waals surface area contributed by atoms with Gasteiger partial charge >= 0.3 is 6.36 Å². The Bertz CT molecular complexity index is 1590. The van der Waals surface area contributed by atoms with Gasteiger partial charge in [-0.15, -0.1) is 13.2 Å². The zero-order valence-corrected chi connectivity index (χ0v) is 22.3. The predicted molar refractivity (Wildman–Crippen MR) is 140 cm³/mol. The maximum atomic E-state index is 12.4. The number of hydrogen-bond acceptors (Lipinski definition) is 8. The quantitative estimate of drug-likeness (QED) is 0.239. The van der Waals surface area contributed by atoms with E-state index in [-0.39, 0.29) is 17.5 Å². The topological polar surface area (TPSA) is 99.9 Å². The molecule has 0 aliphatic rings. The number of ether oxygens (including phenoxy) is 1. The van der Waals surface area contributed by atoms with E-state index >= 15 is 0 Å². The van der Waals surface area contributed by atoms with Crippen molar-refractivity contribution in [2.75, 3.05) is 11.9 Å². The van der Waals surface area contributed by atoms with Crippen molar-refractivity contribution in [2.24, 2.45) is 0 Å². The van der Waals surface area contributed by atoms with Gasteiger partial charge in [-0.3, -0.25) is 9.36 Å². The summed E-state index contributed by atoms with van der Waals surface area (Å²) in [5.74, 6) is 0.940. The molecule has 4 heterocycles. The van der Waals surface area contributed by atoms with Gasteiger partial charge in [-0.25, -0.2) is 4.98 Å². The highest BCUT2D eigenvalue weighted by Gasteiger charge is 2.31. The summed E-state index contributed by atoms with van der Waals surface area (Å²) in [6.45, 7) is 8.02. The standard InChI is InChI=1S/C27H27F3N8O2/c1-5-37-16-21(18(3)33-37)15-36(4)24-11-6-19(13-31-24)14-38-17(2)12-23(34-38)26-32-25(35-40-26)20-7-9-22(10-8-20)39-27(28,29)30/h6-13,16H,5,14-15H2,1-4H3. The van der Waals surface area contributed by atoms with Gasteiger partial charge < -0.3 is 14.2 Å². The number of alkyl halides is 3. The summed E-state index contributed by atoms with van der Waals surface area (Å²) < 4.78 is 50.2. The molecule has 0 atom stereocenters. The minimum absolute atomic E-state index is 0.198. The van der Waals surface area contributed by atoms with Gasteiger partial charge in [-0.2, -0.15) is 15.2 Å². The maximum Gasteiger partial charge on any atom is 0.573 e. The number of aryl methyl sites for hydroxylation is 3. The third kappa shape index (κ3) is 6.14.